The third kappa shape index (κ3) is 4.11. The first-order chi connectivity index (χ1) is 12.7. The molecule has 2 heterocycles. The zero-order valence-electron chi connectivity index (χ0n) is 14.7. The molecule has 2 amide bonds. The summed E-state index contributed by atoms with van der Waals surface area (Å²) in [5.74, 6) is 1.38. The van der Waals surface area contributed by atoms with Crippen molar-refractivity contribution in [1.82, 2.24) is 15.2 Å². The molecule has 136 valence electrons. The Hall–Kier alpha value is -3.09. The third-order valence-corrected chi connectivity index (χ3v) is 4.43. The maximum Gasteiger partial charge on any atom is 0.253 e. The number of aromatic nitrogens is 1. The van der Waals surface area contributed by atoms with E-state index in [0.29, 0.717) is 25.2 Å². The van der Waals surface area contributed by atoms with Crippen LogP contribution in [0, 0.1) is 0 Å². The van der Waals surface area contributed by atoms with Crippen molar-refractivity contribution in [3.8, 4) is 5.75 Å². The van der Waals surface area contributed by atoms with Gasteiger partial charge in [-0.05, 0) is 18.2 Å². The molecule has 0 saturated carbocycles. The first-order valence-electron chi connectivity index (χ1n) is 8.51. The number of hydrogen-bond donors (Lipinski definition) is 1. The average Bonchev–Trinajstić information content (AvgIpc) is 2.72. The van der Waals surface area contributed by atoms with Gasteiger partial charge < -0.3 is 19.9 Å². The van der Waals surface area contributed by atoms with Crippen LogP contribution in [0.3, 0.4) is 0 Å². The summed E-state index contributed by atoms with van der Waals surface area (Å²) < 4.78 is 5.29. The van der Waals surface area contributed by atoms with Gasteiger partial charge in [-0.3, -0.25) is 9.59 Å². The summed E-state index contributed by atoms with van der Waals surface area (Å²) in [6.45, 7) is 3.24. The lowest BCUT2D eigenvalue weighted by atomic mass is 10.2. The summed E-state index contributed by atoms with van der Waals surface area (Å²) in [6, 6.07) is 11.2. The molecule has 1 aliphatic rings. The lowest BCUT2D eigenvalue weighted by Crippen LogP contribution is -2.46. The number of ether oxygens (including phenoxy) is 1. The van der Waals surface area contributed by atoms with Gasteiger partial charge in [0.1, 0.15) is 11.6 Å². The van der Waals surface area contributed by atoms with Crippen LogP contribution in [0.25, 0.3) is 0 Å². The van der Waals surface area contributed by atoms with Crippen LogP contribution in [-0.2, 0) is 11.3 Å². The average molecular weight is 354 g/mol. The molecule has 26 heavy (non-hydrogen) atoms. The lowest BCUT2D eigenvalue weighted by molar-refractivity contribution is -0.118. The van der Waals surface area contributed by atoms with E-state index in [-0.39, 0.29) is 5.91 Å². The first kappa shape index (κ1) is 17.7. The number of nitrogens with zero attached hydrogens (tertiary/aromatic N) is 3. The van der Waals surface area contributed by atoms with Crippen LogP contribution >= 0.6 is 0 Å². The molecule has 1 saturated heterocycles. The number of carbonyl (C=O) groups is 2. The van der Waals surface area contributed by atoms with Crippen LogP contribution in [0.2, 0.25) is 0 Å². The molecule has 2 aromatic rings. The minimum absolute atomic E-state index is 0.180. The molecule has 1 aliphatic heterocycles. The number of anilines is 1. The fraction of sp³-hybridized carbons (Fsp3) is 0.316. The maximum absolute atomic E-state index is 12.3. The molecule has 0 atom stereocenters. The molecule has 7 nitrogen and oxygen atoms in total. The second kappa shape index (κ2) is 8.33. The number of benzene rings is 1. The molecular formula is C19H22N4O3. The number of piperazine rings is 1. The fourth-order valence-corrected chi connectivity index (χ4v) is 2.89. The SMILES string of the molecule is COc1ccccc1CNC(=O)c1ccc(N2CCN(C=O)CC2)nc1. The van der Waals surface area contributed by atoms with Crippen LogP contribution in [0.15, 0.2) is 42.6 Å². The van der Waals surface area contributed by atoms with E-state index in [1.54, 1.807) is 24.3 Å². The predicted molar refractivity (Wildman–Crippen MR) is 98.3 cm³/mol. The number of hydrogen-bond acceptors (Lipinski definition) is 5. The first-order valence-corrected chi connectivity index (χ1v) is 8.51. The van der Waals surface area contributed by atoms with Crippen LogP contribution in [0.1, 0.15) is 15.9 Å². The molecule has 7 heteroatoms. The van der Waals surface area contributed by atoms with Crippen molar-refractivity contribution in [1.29, 1.82) is 0 Å². The Morgan fingerprint density at radius 3 is 2.62 bits per heavy atom. The number of methoxy groups -OCH3 is 1. The van der Waals surface area contributed by atoms with E-state index >= 15 is 0 Å². The molecule has 1 N–H and O–H groups in total. The van der Waals surface area contributed by atoms with Crippen molar-refractivity contribution in [2.24, 2.45) is 0 Å². The van der Waals surface area contributed by atoms with Gasteiger partial charge in [-0.15, -0.1) is 0 Å². The minimum Gasteiger partial charge on any atom is -0.496 e. The highest BCUT2D eigenvalue weighted by molar-refractivity contribution is 5.94. The minimum atomic E-state index is -0.180. The van der Waals surface area contributed by atoms with Gasteiger partial charge in [0.05, 0.1) is 12.7 Å². The molecular weight excluding hydrogens is 332 g/mol. The van der Waals surface area contributed by atoms with E-state index in [2.05, 4.69) is 15.2 Å². The van der Waals surface area contributed by atoms with Crippen molar-refractivity contribution < 1.29 is 14.3 Å². The van der Waals surface area contributed by atoms with Crippen LogP contribution in [-0.4, -0.2) is 55.5 Å². The molecule has 0 bridgehead atoms. The van der Waals surface area contributed by atoms with Gasteiger partial charge in [0.25, 0.3) is 5.91 Å². The summed E-state index contributed by atoms with van der Waals surface area (Å²) in [5.41, 5.74) is 1.43. The molecule has 1 fully saturated rings. The van der Waals surface area contributed by atoms with Crippen molar-refractivity contribution in [2.45, 2.75) is 6.54 Å². The number of pyridine rings is 1. The quantitative estimate of drug-likeness (QED) is 0.792. The molecule has 1 aromatic carbocycles. The summed E-state index contributed by atoms with van der Waals surface area (Å²) in [5, 5.41) is 2.88. The highest BCUT2D eigenvalue weighted by Gasteiger charge is 2.17. The normalized spacial score (nSPS) is 14.0. The van der Waals surface area contributed by atoms with Crippen molar-refractivity contribution in [3.63, 3.8) is 0 Å². The van der Waals surface area contributed by atoms with Crippen molar-refractivity contribution in [2.75, 3.05) is 38.2 Å². The molecule has 0 spiro atoms. The molecule has 1 aromatic heterocycles. The number of nitrogens with one attached hydrogen (secondary N) is 1. The lowest BCUT2D eigenvalue weighted by Gasteiger charge is -2.33. The summed E-state index contributed by atoms with van der Waals surface area (Å²) in [6.07, 6.45) is 2.46. The Labute approximate surface area is 152 Å². The van der Waals surface area contributed by atoms with Gasteiger partial charge in [0.2, 0.25) is 6.41 Å². The van der Waals surface area contributed by atoms with E-state index in [9.17, 15) is 9.59 Å². The molecule has 0 aliphatic carbocycles. The van der Waals surface area contributed by atoms with E-state index in [1.807, 2.05) is 30.3 Å². The number of para-hydroxylation sites is 1. The van der Waals surface area contributed by atoms with Gasteiger partial charge >= 0.3 is 0 Å². The Balaban J connectivity index is 1.58. The summed E-state index contributed by atoms with van der Waals surface area (Å²) in [4.78, 5) is 31.4. The van der Waals surface area contributed by atoms with Crippen molar-refractivity contribution >= 4 is 18.1 Å². The maximum atomic E-state index is 12.3. The van der Waals surface area contributed by atoms with E-state index < -0.39 is 0 Å². The second-order valence-corrected chi connectivity index (χ2v) is 6.03. The van der Waals surface area contributed by atoms with E-state index in [0.717, 1.165) is 36.6 Å². The monoisotopic (exact) mass is 354 g/mol. The highest BCUT2D eigenvalue weighted by Crippen LogP contribution is 2.17. The van der Waals surface area contributed by atoms with Gasteiger partial charge in [-0.2, -0.15) is 0 Å². The largest absolute Gasteiger partial charge is 0.496 e. The standard InChI is InChI=1S/C19H22N4O3/c1-26-17-5-3-2-4-15(17)12-21-19(25)16-6-7-18(20-13-16)23-10-8-22(14-24)9-11-23/h2-7,13-14H,8-12H2,1H3,(H,21,25). The zero-order chi connectivity index (χ0) is 18.4. The number of amides is 2. The van der Waals surface area contributed by atoms with Crippen LogP contribution in [0.5, 0.6) is 5.75 Å². The van der Waals surface area contributed by atoms with Crippen LogP contribution < -0.4 is 15.0 Å². The fourth-order valence-electron chi connectivity index (χ4n) is 2.89. The van der Waals surface area contributed by atoms with E-state index in [1.165, 1.54) is 0 Å². The Morgan fingerprint density at radius 2 is 1.96 bits per heavy atom. The predicted octanol–water partition coefficient (Wildman–Crippen LogP) is 1.30. The zero-order valence-corrected chi connectivity index (χ0v) is 14.7. The Bertz CT molecular complexity index is 756. The summed E-state index contributed by atoms with van der Waals surface area (Å²) in [7, 11) is 1.61. The molecule has 0 radical (unpaired) electrons. The van der Waals surface area contributed by atoms with Crippen molar-refractivity contribution in [3.05, 3.63) is 53.7 Å². The Morgan fingerprint density at radius 1 is 1.19 bits per heavy atom. The van der Waals surface area contributed by atoms with Gasteiger partial charge in [-0.1, -0.05) is 18.2 Å². The smallest absolute Gasteiger partial charge is 0.253 e. The summed E-state index contributed by atoms with van der Waals surface area (Å²) >= 11 is 0. The van der Waals surface area contributed by atoms with Crippen LogP contribution in [0.4, 0.5) is 5.82 Å². The Kier molecular flexibility index (Phi) is 5.68. The van der Waals surface area contributed by atoms with Gasteiger partial charge in [0.15, 0.2) is 0 Å². The topological polar surface area (TPSA) is 74.8 Å². The van der Waals surface area contributed by atoms with Gasteiger partial charge in [-0.25, -0.2) is 4.98 Å². The molecule has 3 rings (SSSR count). The van der Waals surface area contributed by atoms with Gasteiger partial charge in [0, 0.05) is 44.5 Å². The molecule has 0 unspecified atom stereocenters. The highest BCUT2D eigenvalue weighted by atomic mass is 16.5. The number of rotatable bonds is 6. The number of carbonyl (C=O) groups excluding carboxylic acids is 2. The third-order valence-electron chi connectivity index (χ3n) is 4.43. The van der Waals surface area contributed by atoms with E-state index in [4.69, 9.17) is 4.74 Å². The second-order valence-electron chi connectivity index (χ2n) is 6.03.